The fourth-order valence-corrected chi connectivity index (χ4v) is 1.74. The summed E-state index contributed by atoms with van der Waals surface area (Å²) in [6.45, 7) is 4.18. The second kappa shape index (κ2) is 3.98. The molecule has 0 saturated heterocycles. The zero-order valence-corrected chi connectivity index (χ0v) is 9.45. The van der Waals surface area contributed by atoms with E-state index < -0.39 is 0 Å². The molecule has 0 aliphatic heterocycles. The fourth-order valence-electron chi connectivity index (χ4n) is 1.74. The summed E-state index contributed by atoms with van der Waals surface area (Å²) in [5, 5.41) is 2.78. The van der Waals surface area contributed by atoms with Gasteiger partial charge in [0.15, 0.2) is 0 Å². The zero-order chi connectivity index (χ0) is 11.7. The largest absolute Gasteiger partial charge is 0.326 e. The SMILES string of the molecule is Cc1ccc(-n2[nH]c(=O)c(CN)c2C)cc1. The van der Waals surface area contributed by atoms with Gasteiger partial charge in [0.2, 0.25) is 0 Å². The number of nitrogens with zero attached hydrogens (tertiary/aromatic N) is 1. The Balaban J connectivity index is 2.56. The van der Waals surface area contributed by atoms with E-state index in [1.54, 1.807) is 4.68 Å². The van der Waals surface area contributed by atoms with Crippen LogP contribution in [0.1, 0.15) is 16.8 Å². The molecule has 0 bridgehead atoms. The Morgan fingerprint density at radius 3 is 2.38 bits per heavy atom. The van der Waals surface area contributed by atoms with Crippen molar-refractivity contribution < 1.29 is 0 Å². The molecule has 3 N–H and O–H groups in total. The van der Waals surface area contributed by atoms with E-state index in [-0.39, 0.29) is 12.1 Å². The van der Waals surface area contributed by atoms with Gasteiger partial charge in [-0.3, -0.25) is 14.6 Å². The molecule has 1 aromatic heterocycles. The van der Waals surface area contributed by atoms with Crippen molar-refractivity contribution in [1.82, 2.24) is 9.78 Å². The van der Waals surface area contributed by atoms with Crippen LogP contribution in [0, 0.1) is 13.8 Å². The molecular weight excluding hydrogens is 202 g/mol. The molecule has 2 aromatic rings. The lowest BCUT2D eigenvalue weighted by atomic mass is 10.2. The Morgan fingerprint density at radius 1 is 1.25 bits per heavy atom. The summed E-state index contributed by atoms with van der Waals surface area (Å²) < 4.78 is 1.77. The van der Waals surface area contributed by atoms with Crippen LogP contribution in [0.4, 0.5) is 0 Å². The maximum Gasteiger partial charge on any atom is 0.269 e. The van der Waals surface area contributed by atoms with Crippen LogP contribution in [0.25, 0.3) is 5.69 Å². The molecule has 0 atom stereocenters. The van der Waals surface area contributed by atoms with Crippen molar-refractivity contribution in [1.29, 1.82) is 0 Å². The standard InChI is InChI=1S/C12H15N3O/c1-8-3-5-10(6-4-8)15-9(2)11(7-13)12(16)14-15/h3-6H,7,13H2,1-2H3,(H,14,16). The van der Waals surface area contributed by atoms with Gasteiger partial charge >= 0.3 is 0 Å². The molecule has 0 radical (unpaired) electrons. The number of aromatic nitrogens is 2. The highest BCUT2D eigenvalue weighted by molar-refractivity contribution is 5.36. The normalized spacial score (nSPS) is 10.7. The molecule has 4 nitrogen and oxygen atoms in total. The molecule has 16 heavy (non-hydrogen) atoms. The lowest BCUT2D eigenvalue weighted by Gasteiger charge is -2.05. The topological polar surface area (TPSA) is 63.8 Å². The van der Waals surface area contributed by atoms with Crippen molar-refractivity contribution in [2.75, 3.05) is 0 Å². The summed E-state index contributed by atoms with van der Waals surface area (Å²) >= 11 is 0. The predicted molar refractivity (Wildman–Crippen MR) is 63.8 cm³/mol. The first-order valence-electron chi connectivity index (χ1n) is 5.21. The summed E-state index contributed by atoms with van der Waals surface area (Å²) in [4.78, 5) is 11.6. The number of hydrogen-bond donors (Lipinski definition) is 2. The highest BCUT2D eigenvalue weighted by Crippen LogP contribution is 2.11. The summed E-state index contributed by atoms with van der Waals surface area (Å²) in [6, 6.07) is 7.96. The van der Waals surface area contributed by atoms with Crippen LogP contribution < -0.4 is 11.3 Å². The number of aromatic amines is 1. The first-order valence-corrected chi connectivity index (χ1v) is 5.21. The van der Waals surface area contributed by atoms with Crippen molar-refractivity contribution >= 4 is 0 Å². The third-order valence-corrected chi connectivity index (χ3v) is 2.76. The maximum atomic E-state index is 11.6. The van der Waals surface area contributed by atoms with Crippen molar-refractivity contribution in [3.8, 4) is 5.69 Å². The van der Waals surface area contributed by atoms with E-state index in [4.69, 9.17) is 5.73 Å². The van der Waals surface area contributed by atoms with Crippen LogP contribution in [-0.4, -0.2) is 9.78 Å². The van der Waals surface area contributed by atoms with Gasteiger partial charge in [-0.25, -0.2) is 0 Å². The van der Waals surface area contributed by atoms with Gasteiger partial charge in [0, 0.05) is 12.2 Å². The van der Waals surface area contributed by atoms with E-state index in [0.717, 1.165) is 11.4 Å². The Morgan fingerprint density at radius 2 is 1.88 bits per heavy atom. The molecule has 4 heteroatoms. The molecule has 0 fully saturated rings. The summed E-state index contributed by atoms with van der Waals surface area (Å²) in [5.41, 5.74) is 9.07. The molecule has 0 spiro atoms. The van der Waals surface area contributed by atoms with Gasteiger partial charge in [0.1, 0.15) is 0 Å². The fraction of sp³-hybridized carbons (Fsp3) is 0.250. The average molecular weight is 217 g/mol. The number of rotatable bonds is 2. The van der Waals surface area contributed by atoms with E-state index in [1.807, 2.05) is 38.1 Å². The minimum atomic E-state index is -0.111. The van der Waals surface area contributed by atoms with Gasteiger partial charge in [-0.05, 0) is 26.0 Å². The number of aryl methyl sites for hydroxylation is 1. The molecule has 84 valence electrons. The van der Waals surface area contributed by atoms with Crippen LogP contribution in [0.2, 0.25) is 0 Å². The Kier molecular flexibility index (Phi) is 2.66. The Labute approximate surface area is 93.7 Å². The first kappa shape index (κ1) is 10.7. The number of nitrogens with two attached hydrogens (primary N) is 1. The third-order valence-electron chi connectivity index (χ3n) is 2.76. The minimum Gasteiger partial charge on any atom is -0.326 e. The number of nitrogens with one attached hydrogen (secondary N) is 1. The summed E-state index contributed by atoms with van der Waals surface area (Å²) in [5.74, 6) is 0. The molecule has 2 rings (SSSR count). The van der Waals surface area contributed by atoms with Gasteiger partial charge in [0.25, 0.3) is 5.56 Å². The van der Waals surface area contributed by atoms with Gasteiger partial charge in [0.05, 0.1) is 11.3 Å². The van der Waals surface area contributed by atoms with E-state index in [0.29, 0.717) is 5.56 Å². The van der Waals surface area contributed by atoms with Crippen LogP contribution in [0.3, 0.4) is 0 Å². The molecule has 0 unspecified atom stereocenters. The van der Waals surface area contributed by atoms with Crippen LogP contribution in [-0.2, 0) is 6.54 Å². The zero-order valence-electron chi connectivity index (χ0n) is 9.45. The molecule has 1 aromatic carbocycles. The number of H-pyrrole nitrogens is 1. The average Bonchev–Trinajstić information content (AvgIpc) is 2.55. The van der Waals surface area contributed by atoms with Crippen molar-refractivity contribution in [2.45, 2.75) is 20.4 Å². The maximum absolute atomic E-state index is 11.6. The third kappa shape index (κ3) is 1.67. The molecule has 1 heterocycles. The van der Waals surface area contributed by atoms with Gasteiger partial charge in [-0.1, -0.05) is 17.7 Å². The summed E-state index contributed by atoms with van der Waals surface area (Å²) in [7, 11) is 0. The smallest absolute Gasteiger partial charge is 0.269 e. The van der Waals surface area contributed by atoms with Gasteiger partial charge in [-0.2, -0.15) is 0 Å². The highest BCUT2D eigenvalue weighted by atomic mass is 16.1. The quantitative estimate of drug-likeness (QED) is 0.795. The second-order valence-corrected chi connectivity index (χ2v) is 3.88. The second-order valence-electron chi connectivity index (χ2n) is 3.88. The Hall–Kier alpha value is -1.81. The van der Waals surface area contributed by atoms with Gasteiger partial charge in [-0.15, -0.1) is 0 Å². The Bertz CT molecular complexity index is 549. The minimum absolute atomic E-state index is 0.111. The number of benzene rings is 1. The van der Waals surface area contributed by atoms with Crippen molar-refractivity contribution in [3.05, 3.63) is 51.4 Å². The monoisotopic (exact) mass is 217 g/mol. The number of hydrogen-bond acceptors (Lipinski definition) is 2. The van der Waals surface area contributed by atoms with Gasteiger partial charge < -0.3 is 5.73 Å². The van der Waals surface area contributed by atoms with Crippen LogP contribution in [0.5, 0.6) is 0 Å². The summed E-state index contributed by atoms with van der Waals surface area (Å²) in [6.07, 6.45) is 0. The van der Waals surface area contributed by atoms with Crippen molar-refractivity contribution in [3.63, 3.8) is 0 Å². The molecule has 0 aliphatic rings. The van der Waals surface area contributed by atoms with Crippen molar-refractivity contribution in [2.24, 2.45) is 5.73 Å². The van der Waals surface area contributed by atoms with E-state index >= 15 is 0 Å². The van der Waals surface area contributed by atoms with Crippen LogP contribution in [0.15, 0.2) is 29.1 Å². The molecule has 0 aliphatic carbocycles. The predicted octanol–water partition coefficient (Wildman–Crippen LogP) is 1.24. The van der Waals surface area contributed by atoms with Crippen LogP contribution >= 0.6 is 0 Å². The molecular formula is C12H15N3O. The lowest BCUT2D eigenvalue weighted by Crippen LogP contribution is -2.10. The van der Waals surface area contributed by atoms with E-state index in [1.165, 1.54) is 5.56 Å². The first-order chi connectivity index (χ1) is 7.63. The lowest BCUT2D eigenvalue weighted by molar-refractivity contribution is 0.832. The molecule has 0 amide bonds. The van der Waals surface area contributed by atoms with E-state index in [2.05, 4.69) is 5.10 Å². The molecule has 0 saturated carbocycles. The highest BCUT2D eigenvalue weighted by Gasteiger charge is 2.09. The van der Waals surface area contributed by atoms with E-state index in [9.17, 15) is 4.79 Å².